The van der Waals surface area contributed by atoms with Crippen molar-refractivity contribution in [1.29, 1.82) is 0 Å². The van der Waals surface area contributed by atoms with Crippen LogP contribution in [0.25, 0.3) is 0 Å². The van der Waals surface area contributed by atoms with E-state index in [1.165, 1.54) is 11.8 Å². The Balaban J connectivity index is 1.64. The van der Waals surface area contributed by atoms with Crippen LogP contribution in [-0.4, -0.2) is 28.7 Å². The molecule has 0 aliphatic heterocycles. The van der Waals surface area contributed by atoms with Crippen molar-refractivity contribution in [3.8, 4) is 5.88 Å². The number of anilines is 1. The zero-order chi connectivity index (χ0) is 20.1. The van der Waals surface area contributed by atoms with Gasteiger partial charge in [0, 0.05) is 24.5 Å². The van der Waals surface area contributed by atoms with Crippen LogP contribution in [0.3, 0.4) is 0 Å². The van der Waals surface area contributed by atoms with Gasteiger partial charge in [0.15, 0.2) is 0 Å². The van der Waals surface area contributed by atoms with Crippen molar-refractivity contribution < 1.29 is 14.3 Å². The lowest BCUT2D eigenvalue weighted by atomic mass is 10.1. The summed E-state index contributed by atoms with van der Waals surface area (Å²) in [6.45, 7) is 1.93. The van der Waals surface area contributed by atoms with Crippen LogP contribution < -0.4 is 15.4 Å². The topological polar surface area (TPSA) is 85.2 Å². The maximum atomic E-state index is 12.4. The molecule has 2 aromatic carbocycles. The first-order chi connectivity index (χ1) is 13.5. The summed E-state index contributed by atoms with van der Waals surface area (Å²) >= 11 is 0. The van der Waals surface area contributed by atoms with Crippen LogP contribution in [0, 0.1) is 0 Å². The van der Waals surface area contributed by atoms with Gasteiger partial charge in [-0.1, -0.05) is 30.3 Å². The number of hydrogen-bond acceptors (Lipinski definition) is 4. The molecule has 0 fully saturated rings. The maximum Gasteiger partial charge on any atom is 0.262 e. The van der Waals surface area contributed by atoms with E-state index in [4.69, 9.17) is 4.74 Å². The number of benzene rings is 2. The Hall–Kier alpha value is -3.61. The van der Waals surface area contributed by atoms with E-state index in [-0.39, 0.29) is 23.7 Å². The molecule has 144 valence electrons. The van der Waals surface area contributed by atoms with E-state index in [0.717, 1.165) is 5.56 Å². The third-order valence-electron chi connectivity index (χ3n) is 4.29. The second-order valence-electron chi connectivity index (χ2n) is 6.36. The third kappa shape index (κ3) is 4.37. The molecule has 0 aliphatic rings. The van der Waals surface area contributed by atoms with Gasteiger partial charge in [-0.15, -0.1) is 5.10 Å². The van der Waals surface area contributed by atoms with Crippen molar-refractivity contribution in [2.45, 2.75) is 13.0 Å². The third-order valence-corrected chi connectivity index (χ3v) is 4.29. The summed E-state index contributed by atoms with van der Waals surface area (Å²) < 4.78 is 6.61. The van der Waals surface area contributed by atoms with Crippen LogP contribution in [0.1, 0.15) is 39.2 Å². The summed E-state index contributed by atoms with van der Waals surface area (Å²) in [7, 11) is 3.17. The Morgan fingerprint density at radius 3 is 2.36 bits per heavy atom. The number of ether oxygens (including phenoxy) is 1. The van der Waals surface area contributed by atoms with Gasteiger partial charge >= 0.3 is 0 Å². The quantitative estimate of drug-likeness (QED) is 0.690. The lowest BCUT2D eigenvalue weighted by Gasteiger charge is -2.14. The van der Waals surface area contributed by atoms with Gasteiger partial charge in [-0.2, -0.15) is 0 Å². The van der Waals surface area contributed by atoms with Crippen molar-refractivity contribution >= 4 is 17.5 Å². The van der Waals surface area contributed by atoms with Gasteiger partial charge in [0.05, 0.1) is 13.2 Å². The van der Waals surface area contributed by atoms with Crippen molar-refractivity contribution in [2.24, 2.45) is 7.05 Å². The minimum absolute atomic E-state index is 0.105. The molecule has 2 N–H and O–H groups in total. The molecule has 0 spiro atoms. The predicted molar refractivity (Wildman–Crippen MR) is 106 cm³/mol. The number of hydrogen-bond donors (Lipinski definition) is 2. The van der Waals surface area contributed by atoms with Gasteiger partial charge in [0.1, 0.15) is 5.56 Å². The first-order valence-corrected chi connectivity index (χ1v) is 8.83. The molecule has 0 radical (unpaired) electrons. The van der Waals surface area contributed by atoms with Gasteiger partial charge in [-0.05, 0) is 36.8 Å². The SMILES string of the molecule is COc1nn(C)cc1C(=O)Nc1ccc(C(=O)N[C@@H](C)c2ccccc2)cc1. The Labute approximate surface area is 163 Å². The van der Waals surface area contributed by atoms with E-state index in [9.17, 15) is 9.59 Å². The number of methoxy groups -OCH3 is 1. The molecule has 0 bridgehead atoms. The molecule has 2 amide bonds. The average Bonchev–Trinajstić information content (AvgIpc) is 3.10. The van der Waals surface area contributed by atoms with E-state index in [1.54, 1.807) is 37.5 Å². The smallest absolute Gasteiger partial charge is 0.262 e. The fraction of sp³-hybridized carbons (Fsp3) is 0.190. The van der Waals surface area contributed by atoms with E-state index in [2.05, 4.69) is 15.7 Å². The van der Waals surface area contributed by atoms with Crippen molar-refractivity contribution in [2.75, 3.05) is 12.4 Å². The highest BCUT2D eigenvalue weighted by Crippen LogP contribution is 2.18. The monoisotopic (exact) mass is 378 g/mol. The van der Waals surface area contributed by atoms with Gasteiger partial charge in [0.2, 0.25) is 5.88 Å². The Kier molecular flexibility index (Phi) is 5.74. The van der Waals surface area contributed by atoms with Crippen molar-refractivity contribution in [3.63, 3.8) is 0 Å². The first kappa shape index (κ1) is 19.2. The summed E-state index contributed by atoms with van der Waals surface area (Å²) in [6.07, 6.45) is 1.58. The second kappa shape index (κ2) is 8.39. The molecule has 1 atom stereocenters. The molecule has 0 saturated carbocycles. The molecule has 0 aliphatic carbocycles. The number of rotatable bonds is 6. The minimum Gasteiger partial charge on any atom is -0.479 e. The molecular weight excluding hydrogens is 356 g/mol. The van der Waals surface area contributed by atoms with Crippen LogP contribution in [0.15, 0.2) is 60.8 Å². The molecule has 1 heterocycles. The van der Waals surface area contributed by atoms with Crippen LogP contribution in [0.4, 0.5) is 5.69 Å². The number of aryl methyl sites for hydroxylation is 1. The standard InChI is InChI=1S/C21H22N4O3/c1-14(15-7-5-4-6-8-15)22-19(26)16-9-11-17(12-10-16)23-20(27)18-13-25(2)24-21(18)28-3/h4-14H,1-3H3,(H,22,26)(H,23,27)/t14-/m0/s1. The van der Waals surface area contributed by atoms with E-state index < -0.39 is 0 Å². The average molecular weight is 378 g/mol. The van der Waals surface area contributed by atoms with Crippen molar-refractivity contribution in [1.82, 2.24) is 15.1 Å². The van der Waals surface area contributed by atoms with Gasteiger partial charge in [0.25, 0.3) is 11.8 Å². The summed E-state index contributed by atoms with van der Waals surface area (Å²) in [6, 6.07) is 16.3. The van der Waals surface area contributed by atoms with Crippen molar-refractivity contribution in [3.05, 3.63) is 77.5 Å². The molecule has 1 aromatic heterocycles. The first-order valence-electron chi connectivity index (χ1n) is 8.83. The fourth-order valence-corrected chi connectivity index (χ4v) is 2.78. The van der Waals surface area contributed by atoms with Crippen LogP contribution in [-0.2, 0) is 7.05 Å². The highest BCUT2D eigenvalue weighted by molar-refractivity contribution is 6.06. The summed E-state index contributed by atoms with van der Waals surface area (Å²) in [5.41, 5.74) is 2.46. The molecule has 3 rings (SSSR count). The summed E-state index contributed by atoms with van der Waals surface area (Å²) in [5, 5.41) is 9.80. The van der Waals surface area contributed by atoms with Crippen LogP contribution in [0.5, 0.6) is 5.88 Å². The fourth-order valence-electron chi connectivity index (χ4n) is 2.78. The lowest BCUT2D eigenvalue weighted by molar-refractivity contribution is 0.0939. The number of nitrogens with one attached hydrogen (secondary N) is 2. The molecule has 0 unspecified atom stereocenters. The summed E-state index contributed by atoms with van der Waals surface area (Å²) in [4.78, 5) is 24.8. The highest BCUT2D eigenvalue weighted by atomic mass is 16.5. The van der Waals surface area contributed by atoms with Gasteiger partial charge in [-0.3, -0.25) is 14.3 Å². The number of nitrogens with zero attached hydrogens (tertiary/aromatic N) is 2. The normalized spacial score (nSPS) is 11.5. The van der Waals surface area contributed by atoms with Crippen LogP contribution >= 0.6 is 0 Å². The maximum absolute atomic E-state index is 12.4. The largest absolute Gasteiger partial charge is 0.479 e. The highest BCUT2D eigenvalue weighted by Gasteiger charge is 2.17. The molecule has 7 nitrogen and oxygen atoms in total. The number of carbonyl (C=O) groups is 2. The zero-order valence-corrected chi connectivity index (χ0v) is 16.0. The number of amides is 2. The Morgan fingerprint density at radius 1 is 1.04 bits per heavy atom. The minimum atomic E-state index is -0.333. The zero-order valence-electron chi connectivity index (χ0n) is 16.0. The number of aromatic nitrogens is 2. The van der Waals surface area contributed by atoms with Gasteiger partial charge in [-0.25, -0.2) is 0 Å². The Bertz CT molecular complexity index is 965. The van der Waals surface area contributed by atoms with Gasteiger partial charge < -0.3 is 15.4 Å². The summed E-state index contributed by atoms with van der Waals surface area (Å²) in [5.74, 6) is -0.256. The predicted octanol–water partition coefficient (Wildman–Crippen LogP) is 3.17. The van der Waals surface area contributed by atoms with Crippen LogP contribution in [0.2, 0.25) is 0 Å². The molecule has 7 heteroatoms. The second-order valence-corrected chi connectivity index (χ2v) is 6.36. The van der Waals surface area contributed by atoms with E-state index in [1.807, 2.05) is 37.3 Å². The molecule has 28 heavy (non-hydrogen) atoms. The molecule has 3 aromatic rings. The van der Waals surface area contributed by atoms with E-state index >= 15 is 0 Å². The number of carbonyl (C=O) groups excluding carboxylic acids is 2. The van der Waals surface area contributed by atoms with E-state index in [0.29, 0.717) is 16.8 Å². The lowest BCUT2D eigenvalue weighted by Crippen LogP contribution is -2.26. The molecular formula is C21H22N4O3. The Morgan fingerprint density at radius 2 is 1.71 bits per heavy atom. The molecule has 0 saturated heterocycles.